The molecule has 1 atom stereocenters. The molecule has 2 N–H and O–H groups in total. The number of rotatable bonds is 3. The van der Waals surface area contributed by atoms with Gasteiger partial charge in [-0.25, -0.2) is 0 Å². The van der Waals surface area contributed by atoms with Crippen molar-refractivity contribution in [3.63, 3.8) is 0 Å². The van der Waals surface area contributed by atoms with Gasteiger partial charge in [0.05, 0.1) is 17.5 Å². The molecule has 1 saturated heterocycles. The van der Waals surface area contributed by atoms with Gasteiger partial charge in [0.15, 0.2) is 0 Å². The van der Waals surface area contributed by atoms with Crippen molar-refractivity contribution < 1.29 is 9.90 Å². The standard InChI is InChI=1S/C14H18N2O2S/c1-11-14(18)15-7-8-16(11)10-13-6-5-12(19-13)4-2-3-9-17/h5-6,11,17H,3,7-10H2,1H3,(H,15,18). The number of thiophene rings is 1. The van der Waals surface area contributed by atoms with Crippen LogP contribution in [0.1, 0.15) is 23.1 Å². The Kier molecular flexibility index (Phi) is 4.97. The summed E-state index contributed by atoms with van der Waals surface area (Å²) in [5.74, 6) is 6.05. The largest absolute Gasteiger partial charge is 0.395 e. The highest BCUT2D eigenvalue weighted by atomic mass is 32.1. The first-order valence-electron chi connectivity index (χ1n) is 6.41. The summed E-state index contributed by atoms with van der Waals surface area (Å²) >= 11 is 1.65. The van der Waals surface area contributed by atoms with Crippen LogP contribution in [0.25, 0.3) is 0 Å². The topological polar surface area (TPSA) is 52.6 Å². The predicted molar refractivity (Wildman–Crippen MR) is 75.8 cm³/mol. The number of aliphatic hydroxyl groups is 1. The maximum absolute atomic E-state index is 11.6. The Bertz CT molecular complexity index is 501. The molecule has 1 unspecified atom stereocenters. The van der Waals surface area contributed by atoms with E-state index in [9.17, 15) is 4.79 Å². The number of aliphatic hydroxyl groups excluding tert-OH is 1. The fraction of sp³-hybridized carbons (Fsp3) is 0.500. The second kappa shape index (κ2) is 6.71. The number of hydrogen-bond donors (Lipinski definition) is 2. The van der Waals surface area contributed by atoms with E-state index in [2.05, 4.69) is 28.1 Å². The van der Waals surface area contributed by atoms with E-state index in [1.807, 2.05) is 13.0 Å². The molecule has 1 fully saturated rings. The van der Waals surface area contributed by atoms with E-state index in [0.29, 0.717) is 6.42 Å². The molecule has 2 heterocycles. The molecule has 1 amide bonds. The molecule has 1 aliphatic heterocycles. The number of piperazine rings is 1. The summed E-state index contributed by atoms with van der Waals surface area (Å²) in [7, 11) is 0. The third-order valence-corrected chi connectivity index (χ3v) is 4.08. The minimum Gasteiger partial charge on any atom is -0.395 e. The molecule has 2 rings (SSSR count). The van der Waals surface area contributed by atoms with Crippen LogP contribution in [-0.2, 0) is 11.3 Å². The molecule has 4 nitrogen and oxygen atoms in total. The van der Waals surface area contributed by atoms with Crippen molar-refractivity contribution in [2.45, 2.75) is 25.9 Å². The minimum absolute atomic E-state index is 0.0697. The number of nitrogens with zero attached hydrogens (tertiary/aromatic N) is 1. The molecule has 102 valence electrons. The molecule has 0 spiro atoms. The van der Waals surface area contributed by atoms with Crippen LogP contribution in [-0.4, -0.2) is 41.7 Å². The van der Waals surface area contributed by atoms with E-state index in [0.717, 1.165) is 24.5 Å². The van der Waals surface area contributed by atoms with Crippen molar-refractivity contribution in [3.05, 3.63) is 21.9 Å². The van der Waals surface area contributed by atoms with Gasteiger partial charge in [-0.05, 0) is 19.1 Å². The lowest BCUT2D eigenvalue weighted by Crippen LogP contribution is -2.53. The van der Waals surface area contributed by atoms with Crippen LogP contribution in [0.2, 0.25) is 0 Å². The Morgan fingerprint density at radius 1 is 1.58 bits per heavy atom. The third-order valence-electron chi connectivity index (χ3n) is 3.09. The number of carbonyl (C=O) groups excluding carboxylic acids is 1. The van der Waals surface area contributed by atoms with Crippen molar-refractivity contribution in [2.75, 3.05) is 19.7 Å². The molecule has 0 saturated carbocycles. The second-order valence-corrected chi connectivity index (χ2v) is 5.65. The van der Waals surface area contributed by atoms with Crippen molar-refractivity contribution in [1.29, 1.82) is 0 Å². The van der Waals surface area contributed by atoms with E-state index in [1.54, 1.807) is 11.3 Å². The highest BCUT2D eigenvalue weighted by Gasteiger charge is 2.25. The van der Waals surface area contributed by atoms with Crippen LogP contribution >= 0.6 is 11.3 Å². The summed E-state index contributed by atoms with van der Waals surface area (Å²) in [5.41, 5.74) is 0. The van der Waals surface area contributed by atoms with Gasteiger partial charge in [0.1, 0.15) is 0 Å². The molecule has 1 aromatic heterocycles. The smallest absolute Gasteiger partial charge is 0.237 e. The van der Waals surface area contributed by atoms with Gasteiger partial charge < -0.3 is 10.4 Å². The summed E-state index contributed by atoms with van der Waals surface area (Å²) in [6.45, 7) is 4.44. The van der Waals surface area contributed by atoms with Crippen molar-refractivity contribution in [1.82, 2.24) is 10.2 Å². The summed E-state index contributed by atoms with van der Waals surface area (Å²) in [5, 5.41) is 11.5. The second-order valence-electron chi connectivity index (χ2n) is 4.48. The third kappa shape index (κ3) is 3.80. The average molecular weight is 278 g/mol. The molecule has 0 bridgehead atoms. The molecule has 5 heteroatoms. The van der Waals surface area contributed by atoms with Crippen LogP contribution in [0.15, 0.2) is 12.1 Å². The maximum atomic E-state index is 11.6. The summed E-state index contributed by atoms with van der Waals surface area (Å²) < 4.78 is 0. The first-order valence-corrected chi connectivity index (χ1v) is 7.22. The fourth-order valence-corrected chi connectivity index (χ4v) is 2.89. The number of hydrogen-bond acceptors (Lipinski definition) is 4. The first-order chi connectivity index (χ1) is 9.20. The molecule has 0 radical (unpaired) electrons. The van der Waals surface area contributed by atoms with Gasteiger partial charge in [-0.15, -0.1) is 11.3 Å². The van der Waals surface area contributed by atoms with Gasteiger partial charge in [0.25, 0.3) is 0 Å². The normalized spacial score (nSPS) is 19.7. The minimum atomic E-state index is -0.0697. The number of carbonyl (C=O) groups is 1. The first kappa shape index (κ1) is 14.1. The van der Waals surface area contributed by atoms with E-state index in [-0.39, 0.29) is 18.6 Å². The van der Waals surface area contributed by atoms with E-state index in [1.165, 1.54) is 4.88 Å². The lowest BCUT2D eigenvalue weighted by Gasteiger charge is -2.32. The van der Waals surface area contributed by atoms with Gasteiger partial charge in [-0.2, -0.15) is 0 Å². The van der Waals surface area contributed by atoms with Gasteiger partial charge in [-0.1, -0.05) is 11.8 Å². The molecule has 19 heavy (non-hydrogen) atoms. The Hall–Kier alpha value is -1.35. The Morgan fingerprint density at radius 2 is 2.42 bits per heavy atom. The van der Waals surface area contributed by atoms with Crippen LogP contribution in [0.4, 0.5) is 0 Å². The summed E-state index contributed by atoms with van der Waals surface area (Å²) in [6.07, 6.45) is 0.510. The SMILES string of the molecule is CC1C(=O)NCCN1Cc1ccc(C#CCCO)s1. The zero-order chi connectivity index (χ0) is 13.7. The van der Waals surface area contributed by atoms with Crippen LogP contribution in [0.5, 0.6) is 0 Å². The summed E-state index contributed by atoms with van der Waals surface area (Å²) in [4.78, 5) is 16.0. The monoisotopic (exact) mass is 278 g/mol. The number of amides is 1. The molecule has 1 aliphatic rings. The van der Waals surface area contributed by atoms with Crippen LogP contribution < -0.4 is 5.32 Å². The molecular weight excluding hydrogens is 260 g/mol. The van der Waals surface area contributed by atoms with Gasteiger partial charge >= 0.3 is 0 Å². The van der Waals surface area contributed by atoms with Gasteiger partial charge in [0.2, 0.25) is 5.91 Å². The van der Waals surface area contributed by atoms with Crippen molar-refractivity contribution >= 4 is 17.2 Å². The average Bonchev–Trinajstić information content (AvgIpc) is 2.83. The van der Waals surface area contributed by atoms with Crippen LogP contribution in [0, 0.1) is 11.8 Å². The molecule has 0 aliphatic carbocycles. The lowest BCUT2D eigenvalue weighted by atomic mass is 10.2. The Balaban J connectivity index is 1.96. The summed E-state index contributed by atoms with van der Waals surface area (Å²) in [6, 6.07) is 3.99. The van der Waals surface area contributed by atoms with E-state index >= 15 is 0 Å². The maximum Gasteiger partial charge on any atom is 0.237 e. The lowest BCUT2D eigenvalue weighted by molar-refractivity contribution is -0.128. The van der Waals surface area contributed by atoms with Gasteiger partial charge in [0, 0.05) is 30.9 Å². The quantitative estimate of drug-likeness (QED) is 0.804. The highest BCUT2D eigenvalue weighted by Crippen LogP contribution is 2.19. The molecule has 1 aromatic rings. The predicted octanol–water partition coefficient (Wildman–Crippen LogP) is 0.802. The van der Waals surface area contributed by atoms with E-state index < -0.39 is 0 Å². The van der Waals surface area contributed by atoms with E-state index in [4.69, 9.17) is 5.11 Å². The van der Waals surface area contributed by atoms with Crippen molar-refractivity contribution in [3.8, 4) is 11.8 Å². The molecular formula is C14H18N2O2S. The van der Waals surface area contributed by atoms with Crippen molar-refractivity contribution in [2.24, 2.45) is 0 Å². The fourth-order valence-electron chi connectivity index (χ4n) is 1.98. The Labute approximate surface area is 117 Å². The zero-order valence-corrected chi connectivity index (χ0v) is 11.8. The highest BCUT2D eigenvalue weighted by molar-refractivity contribution is 7.12. The van der Waals surface area contributed by atoms with Gasteiger partial charge in [-0.3, -0.25) is 9.69 Å². The molecule has 0 aromatic carbocycles. The van der Waals surface area contributed by atoms with Crippen LogP contribution in [0.3, 0.4) is 0 Å². The number of nitrogens with one attached hydrogen (secondary N) is 1. The Morgan fingerprint density at radius 3 is 3.21 bits per heavy atom. The zero-order valence-electron chi connectivity index (χ0n) is 11.0.